The first kappa shape index (κ1) is 14.6. The number of nitrogens with two attached hydrogens (primary N) is 1. The maximum absolute atomic E-state index is 6.02. The van der Waals surface area contributed by atoms with Crippen LogP contribution in [0.3, 0.4) is 0 Å². The maximum Gasteiger partial charge on any atom is 0.0661 e. The highest BCUT2D eigenvalue weighted by Crippen LogP contribution is 2.27. The van der Waals surface area contributed by atoms with Crippen LogP contribution in [-0.2, 0) is 6.42 Å². The lowest BCUT2D eigenvalue weighted by atomic mass is 10.0. The summed E-state index contributed by atoms with van der Waals surface area (Å²) in [7, 11) is 2.12. The average Bonchev–Trinajstić information content (AvgIpc) is 2.49. The quantitative estimate of drug-likeness (QED) is 0.896. The molecule has 0 aliphatic heterocycles. The Morgan fingerprint density at radius 1 is 1.05 bits per heavy atom. The van der Waals surface area contributed by atoms with Gasteiger partial charge in [0.1, 0.15) is 0 Å². The fourth-order valence-electron chi connectivity index (χ4n) is 2.62. The minimum atomic E-state index is 0.210. The number of anilines is 1. The summed E-state index contributed by atoms with van der Waals surface area (Å²) in [6.07, 6.45) is 1.07. The summed E-state index contributed by atoms with van der Waals surface area (Å²) in [6.45, 7) is 4.92. The van der Waals surface area contributed by atoms with Crippen LogP contribution in [0.4, 0.5) is 5.69 Å². The Kier molecular flexibility index (Phi) is 4.80. The molecule has 2 nitrogen and oxygen atoms in total. The highest BCUT2D eigenvalue weighted by atomic mass is 15.1. The SMILES string of the molecule is CCc1ccc(C(CN)N(C)c2ccccc2C)cc1. The van der Waals surface area contributed by atoms with E-state index in [1.54, 1.807) is 0 Å². The molecule has 0 aliphatic carbocycles. The largest absolute Gasteiger partial charge is 0.366 e. The van der Waals surface area contributed by atoms with Gasteiger partial charge in [-0.3, -0.25) is 0 Å². The Bertz CT molecular complexity index is 546. The van der Waals surface area contributed by atoms with Crippen LogP contribution in [0, 0.1) is 6.92 Å². The van der Waals surface area contributed by atoms with Gasteiger partial charge in [0.05, 0.1) is 6.04 Å². The second kappa shape index (κ2) is 6.58. The van der Waals surface area contributed by atoms with Gasteiger partial charge in [0.2, 0.25) is 0 Å². The second-order valence-electron chi connectivity index (χ2n) is 5.24. The van der Waals surface area contributed by atoms with Gasteiger partial charge in [-0.1, -0.05) is 49.4 Å². The fraction of sp³-hybridized carbons (Fsp3) is 0.333. The summed E-state index contributed by atoms with van der Waals surface area (Å²) >= 11 is 0. The molecule has 2 aromatic rings. The van der Waals surface area contributed by atoms with E-state index in [4.69, 9.17) is 5.73 Å². The van der Waals surface area contributed by atoms with E-state index < -0.39 is 0 Å². The molecule has 0 spiro atoms. The van der Waals surface area contributed by atoms with Gasteiger partial charge in [-0.25, -0.2) is 0 Å². The fourth-order valence-corrected chi connectivity index (χ4v) is 2.62. The minimum absolute atomic E-state index is 0.210. The molecule has 0 radical (unpaired) electrons. The number of benzene rings is 2. The predicted octanol–water partition coefficient (Wildman–Crippen LogP) is 3.69. The second-order valence-corrected chi connectivity index (χ2v) is 5.24. The topological polar surface area (TPSA) is 29.3 Å². The molecule has 0 aromatic heterocycles. The third-order valence-corrected chi connectivity index (χ3v) is 3.96. The van der Waals surface area contributed by atoms with Crippen LogP contribution in [0.25, 0.3) is 0 Å². The standard InChI is InChI=1S/C18H24N2/c1-4-15-9-11-16(12-10-15)18(13-19)20(3)17-8-6-5-7-14(17)2/h5-12,18H,4,13,19H2,1-3H3. The molecule has 2 heteroatoms. The molecule has 0 saturated heterocycles. The van der Waals surface area contributed by atoms with E-state index in [1.165, 1.54) is 22.4 Å². The lowest BCUT2D eigenvalue weighted by Crippen LogP contribution is -2.30. The first-order valence-corrected chi connectivity index (χ1v) is 7.24. The van der Waals surface area contributed by atoms with Gasteiger partial charge in [-0.05, 0) is 36.1 Å². The summed E-state index contributed by atoms with van der Waals surface area (Å²) in [4.78, 5) is 2.27. The number of hydrogen-bond donors (Lipinski definition) is 1. The Balaban J connectivity index is 2.29. The average molecular weight is 268 g/mol. The molecule has 1 atom stereocenters. The van der Waals surface area contributed by atoms with Crippen molar-refractivity contribution in [2.45, 2.75) is 26.3 Å². The van der Waals surface area contributed by atoms with Crippen molar-refractivity contribution >= 4 is 5.69 Å². The van der Waals surface area contributed by atoms with Gasteiger partial charge in [0, 0.05) is 19.3 Å². The molecule has 1 unspecified atom stereocenters. The van der Waals surface area contributed by atoms with Crippen molar-refractivity contribution in [3.05, 3.63) is 65.2 Å². The van der Waals surface area contributed by atoms with Crippen LogP contribution in [0.15, 0.2) is 48.5 Å². The summed E-state index contributed by atoms with van der Waals surface area (Å²) in [5.74, 6) is 0. The number of hydrogen-bond acceptors (Lipinski definition) is 2. The van der Waals surface area contributed by atoms with E-state index in [0.717, 1.165) is 6.42 Å². The molecule has 0 bridgehead atoms. The van der Waals surface area contributed by atoms with Crippen molar-refractivity contribution in [3.63, 3.8) is 0 Å². The van der Waals surface area contributed by atoms with Crippen LogP contribution in [0.2, 0.25) is 0 Å². The number of aryl methyl sites for hydroxylation is 2. The Hall–Kier alpha value is -1.80. The van der Waals surface area contributed by atoms with E-state index in [1.807, 2.05) is 0 Å². The molecule has 0 aliphatic rings. The monoisotopic (exact) mass is 268 g/mol. The van der Waals surface area contributed by atoms with Crippen LogP contribution >= 0.6 is 0 Å². The molecule has 2 N–H and O–H groups in total. The Morgan fingerprint density at radius 3 is 2.25 bits per heavy atom. The maximum atomic E-state index is 6.02. The van der Waals surface area contributed by atoms with E-state index in [-0.39, 0.29) is 6.04 Å². The molecule has 2 aromatic carbocycles. The van der Waals surface area contributed by atoms with Crippen LogP contribution in [-0.4, -0.2) is 13.6 Å². The van der Waals surface area contributed by atoms with Crippen molar-refractivity contribution in [2.75, 3.05) is 18.5 Å². The third-order valence-electron chi connectivity index (χ3n) is 3.96. The molecule has 0 fully saturated rings. The van der Waals surface area contributed by atoms with E-state index in [9.17, 15) is 0 Å². The van der Waals surface area contributed by atoms with E-state index >= 15 is 0 Å². The molecule has 2 rings (SSSR count). The molecule has 0 heterocycles. The van der Waals surface area contributed by atoms with Gasteiger partial charge in [-0.15, -0.1) is 0 Å². The number of para-hydroxylation sites is 1. The zero-order valence-electron chi connectivity index (χ0n) is 12.6. The van der Waals surface area contributed by atoms with Crippen molar-refractivity contribution in [1.29, 1.82) is 0 Å². The molecule has 20 heavy (non-hydrogen) atoms. The van der Waals surface area contributed by atoms with E-state index in [0.29, 0.717) is 6.54 Å². The number of rotatable bonds is 5. The Labute approximate surface area is 122 Å². The highest BCUT2D eigenvalue weighted by Gasteiger charge is 2.17. The van der Waals surface area contributed by atoms with Crippen molar-refractivity contribution < 1.29 is 0 Å². The summed E-state index contributed by atoms with van der Waals surface area (Å²) in [6, 6.07) is 17.4. The molecule has 106 valence electrons. The zero-order valence-corrected chi connectivity index (χ0v) is 12.6. The number of likely N-dealkylation sites (N-methyl/N-ethyl adjacent to an activating group) is 1. The first-order chi connectivity index (χ1) is 9.67. The van der Waals surface area contributed by atoms with Gasteiger partial charge in [0.15, 0.2) is 0 Å². The van der Waals surface area contributed by atoms with Gasteiger partial charge in [-0.2, -0.15) is 0 Å². The lowest BCUT2D eigenvalue weighted by Gasteiger charge is -2.31. The minimum Gasteiger partial charge on any atom is -0.366 e. The number of nitrogens with zero attached hydrogens (tertiary/aromatic N) is 1. The predicted molar refractivity (Wildman–Crippen MR) is 87.2 cm³/mol. The smallest absolute Gasteiger partial charge is 0.0661 e. The van der Waals surface area contributed by atoms with Crippen LogP contribution in [0.1, 0.15) is 29.7 Å². The van der Waals surface area contributed by atoms with Gasteiger partial charge < -0.3 is 10.6 Å². The molecular weight excluding hydrogens is 244 g/mol. The first-order valence-electron chi connectivity index (χ1n) is 7.24. The van der Waals surface area contributed by atoms with E-state index in [2.05, 4.69) is 74.3 Å². The molecular formula is C18H24N2. The zero-order chi connectivity index (χ0) is 14.5. The van der Waals surface area contributed by atoms with Gasteiger partial charge in [0.25, 0.3) is 0 Å². The van der Waals surface area contributed by atoms with Crippen molar-refractivity contribution in [1.82, 2.24) is 0 Å². The molecule has 0 saturated carbocycles. The summed E-state index contributed by atoms with van der Waals surface area (Å²) < 4.78 is 0. The van der Waals surface area contributed by atoms with Crippen LogP contribution in [0.5, 0.6) is 0 Å². The summed E-state index contributed by atoms with van der Waals surface area (Å²) in [5, 5.41) is 0. The third kappa shape index (κ3) is 3.02. The normalized spacial score (nSPS) is 12.2. The van der Waals surface area contributed by atoms with Crippen molar-refractivity contribution in [2.24, 2.45) is 5.73 Å². The summed E-state index contributed by atoms with van der Waals surface area (Å²) in [5.41, 5.74) is 11.2. The van der Waals surface area contributed by atoms with Crippen LogP contribution < -0.4 is 10.6 Å². The Morgan fingerprint density at radius 2 is 1.70 bits per heavy atom. The lowest BCUT2D eigenvalue weighted by molar-refractivity contribution is 0.679. The van der Waals surface area contributed by atoms with Crippen molar-refractivity contribution in [3.8, 4) is 0 Å². The van der Waals surface area contributed by atoms with Gasteiger partial charge >= 0.3 is 0 Å². The highest BCUT2D eigenvalue weighted by molar-refractivity contribution is 5.54. The molecule has 0 amide bonds.